The van der Waals surface area contributed by atoms with Crippen LogP contribution < -0.4 is 15.5 Å². The van der Waals surface area contributed by atoms with Gasteiger partial charge >= 0.3 is 6.68 Å². The van der Waals surface area contributed by atoms with Crippen molar-refractivity contribution in [1.82, 2.24) is 44.9 Å². The fourth-order valence-corrected chi connectivity index (χ4v) is 6.31. The summed E-state index contributed by atoms with van der Waals surface area (Å²) in [6.45, 7) is 6.66. The van der Waals surface area contributed by atoms with Crippen LogP contribution in [0.3, 0.4) is 0 Å². The molecule has 1 unspecified atom stereocenters. The maximum atomic E-state index is 14.0. The third-order valence-electron chi connectivity index (χ3n) is 9.00. The molecule has 3 fully saturated rings. The average molecular weight is 715 g/mol. The second kappa shape index (κ2) is 18.3. The Labute approximate surface area is 287 Å². The zero-order valence-corrected chi connectivity index (χ0v) is 28.8. The summed E-state index contributed by atoms with van der Waals surface area (Å²) in [5.74, 6) is -1.74. The molecule has 18 heteroatoms. The van der Waals surface area contributed by atoms with E-state index in [0.717, 1.165) is 70.0 Å². The van der Waals surface area contributed by atoms with Gasteiger partial charge in [0.05, 0.1) is 24.5 Å². The Bertz CT molecular complexity index is 1510. The first-order valence-corrected chi connectivity index (χ1v) is 17.0. The summed E-state index contributed by atoms with van der Waals surface area (Å²) in [5, 5.41) is 14.7. The number of hydrogen-bond donors (Lipinski definition) is 2. The van der Waals surface area contributed by atoms with Crippen molar-refractivity contribution < 1.29 is 36.3 Å². The molecule has 1 aliphatic carbocycles. The smallest absolute Gasteiger partial charge is 0.379 e. The number of piperazine rings is 1. The number of amides is 2. The molecule has 3 aromatic rings. The molecule has 0 aromatic carbocycles. The standard InChI is InChI=1S/C26H37F2N9O2.C5H9NO.CHF3/c1-4-36-21(7-10-29-36)24(38)31-22(19-5-8-26(27,28)9-6-19)20-17-37-25(30-20)32-23(18(2)33-37)35-13-11-34(12-14-35)15-16-39-3;7-5-3-1-2-4-6-5;2-1(3)4/h7,10,17,19,22H,4-6,8-9,11-16H2,1-3H3,(H,31,38);1-4H2,(H,6,7);1H. The van der Waals surface area contributed by atoms with Gasteiger partial charge in [-0.1, -0.05) is 0 Å². The molecule has 3 aromatic heterocycles. The molecule has 5 heterocycles. The van der Waals surface area contributed by atoms with Crippen molar-refractivity contribution >= 4 is 23.4 Å². The van der Waals surface area contributed by atoms with Crippen molar-refractivity contribution in [2.45, 2.75) is 84.0 Å². The summed E-state index contributed by atoms with van der Waals surface area (Å²) in [6.07, 6.45) is 6.47. The van der Waals surface area contributed by atoms with Gasteiger partial charge in [-0.3, -0.25) is 19.2 Å². The zero-order valence-electron chi connectivity index (χ0n) is 28.8. The van der Waals surface area contributed by atoms with E-state index in [0.29, 0.717) is 30.3 Å². The number of ether oxygens (including phenoxy) is 1. The molecule has 278 valence electrons. The summed E-state index contributed by atoms with van der Waals surface area (Å²) in [7, 11) is 1.71. The van der Waals surface area contributed by atoms with Gasteiger partial charge in [-0.2, -0.15) is 28.4 Å². The van der Waals surface area contributed by atoms with Crippen molar-refractivity contribution in [3.8, 4) is 0 Å². The van der Waals surface area contributed by atoms with Crippen LogP contribution in [0.2, 0.25) is 0 Å². The second-order valence-corrected chi connectivity index (χ2v) is 12.5. The van der Waals surface area contributed by atoms with E-state index < -0.39 is 18.6 Å². The minimum atomic E-state index is -3.67. The summed E-state index contributed by atoms with van der Waals surface area (Å²) >= 11 is 0. The van der Waals surface area contributed by atoms with Crippen LogP contribution in [-0.4, -0.2) is 112 Å². The number of imidazole rings is 1. The number of aromatic nitrogens is 6. The first kappa shape index (κ1) is 38.9. The average Bonchev–Trinajstić information content (AvgIpc) is 3.74. The lowest BCUT2D eigenvalue weighted by Gasteiger charge is -2.35. The van der Waals surface area contributed by atoms with E-state index >= 15 is 0 Å². The predicted molar refractivity (Wildman–Crippen MR) is 175 cm³/mol. The Morgan fingerprint density at radius 2 is 1.82 bits per heavy atom. The van der Waals surface area contributed by atoms with Gasteiger partial charge in [0, 0.05) is 78.4 Å². The quantitative estimate of drug-likeness (QED) is 0.313. The molecule has 1 saturated carbocycles. The summed E-state index contributed by atoms with van der Waals surface area (Å²) in [4.78, 5) is 37.8. The van der Waals surface area contributed by atoms with Crippen LogP contribution in [0.4, 0.5) is 27.8 Å². The Morgan fingerprint density at radius 3 is 2.40 bits per heavy atom. The number of carbonyl (C=O) groups excluding carboxylic acids is 2. The number of nitrogens with one attached hydrogen (secondary N) is 2. The summed E-state index contributed by atoms with van der Waals surface area (Å²) in [5.41, 5.74) is 1.77. The Morgan fingerprint density at radius 1 is 1.12 bits per heavy atom. The number of fused-ring (bicyclic) bond motifs is 1. The van der Waals surface area contributed by atoms with Crippen LogP contribution in [0.1, 0.15) is 79.8 Å². The van der Waals surface area contributed by atoms with E-state index in [9.17, 15) is 31.5 Å². The van der Waals surface area contributed by atoms with Crippen molar-refractivity contribution in [3.05, 3.63) is 35.5 Å². The number of nitrogens with zero attached hydrogens (tertiary/aromatic N) is 8. The normalized spacial score (nSPS) is 18.9. The maximum absolute atomic E-state index is 14.0. The third-order valence-corrected chi connectivity index (χ3v) is 9.00. The molecule has 0 bridgehead atoms. The van der Waals surface area contributed by atoms with Gasteiger partial charge in [0.15, 0.2) is 5.82 Å². The molecular formula is C32H47F5N10O3. The fraction of sp³-hybridized carbons (Fsp3) is 0.688. The number of hydrogen-bond acceptors (Lipinski definition) is 9. The lowest BCUT2D eigenvalue weighted by molar-refractivity contribution is -0.122. The molecular weight excluding hydrogens is 667 g/mol. The molecule has 0 radical (unpaired) electrons. The van der Waals surface area contributed by atoms with Crippen molar-refractivity contribution in [1.29, 1.82) is 0 Å². The first-order chi connectivity index (χ1) is 23.9. The molecule has 13 nitrogen and oxygen atoms in total. The highest BCUT2D eigenvalue weighted by Crippen LogP contribution is 2.41. The highest BCUT2D eigenvalue weighted by molar-refractivity contribution is 5.92. The van der Waals surface area contributed by atoms with Crippen LogP contribution in [0.15, 0.2) is 18.5 Å². The first-order valence-electron chi connectivity index (χ1n) is 17.0. The van der Waals surface area contributed by atoms with E-state index in [2.05, 4.69) is 25.5 Å². The highest BCUT2D eigenvalue weighted by Gasteiger charge is 2.39. The molecule has 6 rings (SSSR count). The number of aryl methyl sites for hydroxylation is 2. The van der Waals surface area contributed by atoms with Crippen LogP contribution in [0, 0.1) is 12.8 Å². The Kier molecular flexibility index (Phi) is 14.3. The van der Waals surface area contributed by atoms with Gasteiger partial charge < -0.3 is 20.3 Å². The van der Waals surface area contributed by atoms with Gasteiger partial charge in [0.25, 0.3) is 11.7 Å². The number of halogens is 5. The van der Waals surface area contributed by atoms with Crippen LogP contribution in [-0.2, 0) is 16.1 Å². The van der Waals surface area contributed by atoms with E-state index in [4.69, 9.17) is 19.8 Å². The minimum absolute atomic E-state index is 0.183. The molecule has 2 saturated heterocycles. The van der Waals surface area contributed by atoms with Gasteiger partial charge in [0.1, 0.15) is 11.4 Å². The number of methoxy groups -OCH3 is 1. The van der Waals surface area contributed by atoms with E-state index in [1.165, 1.54) is 0 Å². The van der Waals surface area contributed by atoms with E-state index in [-0.39, 0.29) is 43.4 Å². The van der Waals surface area contributed by atoms with Crippen LogP contribution >= 0.6 is 0 Å². The van der Waals surface area contributed by atoms with Gasteiger partial charge in [-0.05, 0) is 51.5 Å². The summed E-state index contributed by atoms with van der Waals surface area (Å²) in [6, 6.07) is 1.10. The maximum Gasteiger partial charge on any atom is 0.379 e. The number of anilines is 1. The second-order valence-electron chi connectivity index (χ2n) is 12.5. The molecule has 2 N–H and O–H groups in total. The molecule has 50 heavy (non-hydrogen) atoms. The predicted octanol–water partition coefficient (Wildman–Crippen LogP) is 4.18. The van der Waals surface area contributed by atoms with Gasteiger partial charge in [0.2, 0.25) is 11.8 Å². The molecule has 1 atom stereocenters. The number of alkyl halides is 5. The molecule has 3 aliphatic rings. The molecule has 0 spiro atoms. The van der Waals surface area contributed by atoms with E-state index in [1.54, 1.807) is 34.8 Å². The topological polar surface area (TPSA) is 135 Å². The fourth-order valence-electron chi connectivity index (χ4n) is 6.31. The van der Waals surface area contributed by atoms with Crippen molar-refractivity contribution in [2.75, 3.05) is 57.9 Å². The van der Waals surface area contributed by atoms with Crippen LogP contribution in [0.25, 0.3) is 5.78 Å². The van der Waals surface area contributed by atoms with Gasteiger partial charge in [-0.25, -0.2) is 18.3 Å². The summed E-state index contributed by atoms with van der Waals surface area (Å²) < 4.78 is 65.4. The number of piperidine rings is 1. The van der Waals surface area contributed by atoms with Gasteiger partial charge in [-0.15, -0.1) is 0 Å². The SMILES string of the molecule is CCn1nccc1C(=O)NC(c1cn2nc(C)c(N3CCN(CCOC)CC3)nc2n1)C1CCC(F)(F)CC1.FC(F)F.O=C1CCCCN1. The third kappa shape index (κ3) is 11.0. The number of rotatable bonds is 9. The highest BCUT2D eigenvalue weighted by atomic mass is 19.4. The van der Waals surface area contributed by atoms with Crippen LogP contribution in [0.5, 0.6) is 0 Å². The Balaban J connectivity index is 0.000000439. The zero-order chi connectivity index (χ0) is 36.3. The minimum Gasteiger partial charge on any atom is -0.383 e. The molecule has 2 aliphatic heterocycles. The molecule has 2 amide bonds. The van der Waals surface area contributed by atoms with Crippen molar-refractivity contribution in [3.63, 3.8) is 0 Å². The van der Waals surface area contributed by atoms with Crippen molar-refractivity contribution in [2.24, 2.45) is 5.92 Å². The lowest BCUT2D eigenvalue weighted by Crippen LogP contribution is -2.47. The largest absolute Gasteiger partial charge is 0.383 e. The monoisotopic (exact) mass is 714 g/mol. The number of carbonyl (C=O) groups is 2. The Hall–Kier alpha value is -3.93. The van der Waals surface area contributed by atoms with E-state index in [1.807, 2.05) is 13.8 Å². The lowest BCUT2D eigenvalue weighted by atomic mass is 9.81.